The third kappa shape index (κ3) is 7.08. The number of halogens is 2. The Morgan fingerprint density at radius 3 is 2.63 bits per heavy atom. The van der Waals surface area contributed by atoms with Crippen LogP contribution in [0.2, 0.25) is 0 Å². The number of alkyl halides is 2. The fourth-order valence-corrected chi connectivity index (χ4v) is 11.3. The first-order chi connectivity index (χ1) is 30.1. The third-order valence-electron chi connectivity index (χ3n) is 14.7. The molecule has 5 aromatic rings. The van der Waals surface area contributed by atoms with Crippen LogP contribution in [0.1, 0.15) is 111 Å². The summed E-state index contributed by atoms with van der Waals surface area (Å²) in [6.07, 6.45) is 11.9. The zero-order chi connectivity index (χ0) is 42.3. The molecular weight excluding hydrogens is 801 g/mol. The van der Waals surface area contributed by atoms with Crippen molar-refractivity contribution in [1.82, 2.24) is 44.4 Å². The number of aryl methyl sites for hydroxylation is 1. The number of likely N-dealkylation sites (tertiary alicyclic amines) is 1. The fourth-order valence-electron chi connectivity index (χ4n) is 11.3. The van der Waals surface area contributed by atoms with Gasteiger partial charge in [0.25, 0.3) is 12.3 Å². The van der Waals surface area contributed by atoms with Gasteiger partial charge >= 0.3 is 0 Å². The lowest BCUT2D eigenvalue weighted by molar-refractivity contribution is -0.134. The number of carbonyl (C=O) groups excluding carboxylic acids is 3. The van der Waals surface area contributed by atoms with Gasteiger partial charge < -0.3 is 24.6 Å². The van der Waals surface area contributed by atoms with Gasteiger partial charge in [-0.1, -0.05) is 12.1 Å². The summed E-state index contributed by atoms with van der Waals surface area (Å²) in [5, 5.41) is 19.4. The standard InChI is InChI=1S/C44H51F2N11O5/c1-53-39(31-9-10-36(58)50-42(31)59)30-3-2-4-34(37(30)51-53)62-29-18-44(19-29)12-15-54(16-13-44)21-25-5-7-26(8-6-25)57-23-33(38(52-57)40(45)46)48-43(60)32-20-47-56-14-11-35(49-41(32)56)55-22-28-17-27(55)24-61-28/h2-4,11,14,20,23,25-29,31,40H,5-10,12-13,15-19,21-22,24H2,1H3,(H,48,60)(H,50,58,59)/t25?,26?,27-,28-,31?/m1/s1. The molecule has 11 rings (SSSR count). The third-order valence-corrected chi connectivity index (χ3v) is 14.7. The number of amides is 3. The number of rotatable bonds is 10. The highest BCUT2D eigenvalue weighted by Gasteiger charge is 2.47. The summed E-state index contributed by atoms with van der Waals surface area (Å²) >= 11 is 0. The Labute approximate surface area is 356 Å². The molecule has 1 unspecified atom stereocenters. The molecule has 2 saturated carbocycles. The van der Waals surface area contributed by atoms with Gasteiger partial charge in [0.1, 0.15) is 22.6 Å². The van der Waals surface area contributed by atoms with E-state index in [2.05, 4.69) is 30.6 Å². The van der Waals surface area contributed by atoms with E-state index in [1.165, 1.54) is 10.7 Å². The summed E-state index contributed by atoms with van der Waals surface area (Å²) in [6.45, 7) is 4.53. The zero-order valence-corrected chi connectivity index (χ0v) is 34.7. The molecule has 2 aliphatic carbocycles. The lowest BCUT2D eigenvalue weighted by Crippen LogP contribution is -2.51. The van der Waals surface area contributed by atoms with E-state index >= 15 is 0 Å². The Bertz CT molecular complexity index is 2550. The predicted molar refractivity (Wildman–Crippen MR) is 222 cm³/mol. The van der Waals surface area contributed by atoms with Crippen LogP contribution in [0.4, 0.5) is 20.3 Å². The second-order valence-corrected chi connectivity index (χ2v) is 18.6. The summed E-state index contributed by atoms with van der Waals surface area (Å²) in [7, 11) is 1.84. The highest BCUT2D eigenvalue weighted by Crippen LogP contribution is 2.51. The number of nitrogens with one attached hydrogen (secondary N) is 2. The lowest BCUT2D eigenvalue weighted by atomic mass is 9.61. The molecule has 6 fully saturated rings. The van der Waals surface area contributed by atoms with Gasteiger partial charge in [-0.2, -0.15) is 15.3 Å². The fraction of sp³-hybridized carbons (Fsp3) is 0.568. The molecule has 8 heterocycles. The maximum absolute atomic E-state index is 14.3. The van der Waals surface area contributed by atoms with Crippen molar-refractivity contribution in [1.29, 1.82) is 0 Å². The van der Waals surface area contributed by atoms with Gasteiger partial charge in [-0.3, -0.25) is 29.1 Å². The summed E-state index contributed by atoms with van der Waals surface area (Å²) in [5.41, 5.74) is 2.00. The molecule has 62 heavy (non-hydrogen) atoms. The molecule has 18 heteroatoms. The van der Waals surface area contributed by atoms with Crippen molar-refractivity contribution in [2.75, 3.05) is 43.0 Å². The molecule has 4 aliphatic heterocycles. The van der Waals surface area contributed by atoms with Gasteiger partial charge in [-0.25, -0.2) is 18.3 Å². The van der Waals surface area contributed by atoms with Crippen molar-refractivity contribution in [3.8, 4) is 5.75 Å². The summed E-state index contributed by atoms with van der Waals surface area (Å²) in [6, 6.07) is 7.99. The molecule has 0 radical (unpaired) electrons. The van der Waals surface area contributed by atoms with Crippen molar-refractivity contribution in [3.05, 3.63) is 59.8 Å². The molecule has 3 atom stereocenters. The Morgan fingerprint density at radius 1 is 1.06 bits per heavy atom. The van der Waals surface area contributed by atoms with Gasteiger partial charge in [-0.15, -0.1) is 0 Å². The van der Waals surface area contributed by atoms with Crippen molar-refractivity contribution in [3.63, 3.8) is 0 Å². The summed E-state index contributed by atoms with van der Waals surface area (Å²) in [4.78, 5) is 47.6. The zero-order valence-electron chi connectivity index (χ0n) is 34.7. The first-order valence-electron chi connectivity index (χ1n) is 22.2. The number of piperidine rings is 2. The van der Waals surface area contributed by atoms with E-state index in [1.54, 1.807) is 21.8 Å². The van der Waals surface area contributed by atoms with Crippen LogP contribution in [0.15, 0.2) is 42.9 Å². The molecule has 2 N–H and O–H groups in total. The van der Waals surface area contributed by atoms with Crippen LogP contribution in [-0.4, -0.2) is 108 Å². The Hall–Kier alpha value is -5.49. The van der Waals surface area contributed by atoms with Crippen molar-refractivity contribution >= 4 is 45.8 Å². The summed E-state index contributed by atoms with van der Waals surface area (Å²) in [5.74, 6) is 0.519. The average Bonchev–Trinajstić information content (AvgIpc) is 4.10. The quantitative estimate of drug-likeness (QED) is 0.169. The molecule has 326 valence electrons. The van der Waals surface area contributed by atoms with Crippen LogP contribution in [0, 0.1) is 11.3 Å². The maximum Gasteiger partial charge on any atom is 0.284 e. The Kier molecular flexibility index (Phi) is 9.77. The van der Waals surface area contributed by atoms with Crippen LogP contribution >= 0.6 is 0 Å². The SMILES string of the molecule is Cn1nc2c(OC3CC4(CCN(CC5CCC(n6cc(NC(=O)c7cnn8ccc(N9C[C@H]%10C[C@@H]9CO%10)nc78)c(C(F)F)n6)CC5)CC4)C3)cccc2c1C1CCC(=O)NC1=O. The number of carbonyl (C=O) groups is 3. The normalized spacial score (nSPS) is 26.5. The Morgan fingerprint density at radius 2 is 1.89 bits per heavy atom. The highest BCUT2D eigenvalue weighted by atomic mass is 19.3. The van der Waals surface area contributed by atoms with E-state index in [0.717, 1.165) is 112 Å². The molecule has 4 saturated heterocycles. The molecule has 6 aliphatic rings. The number of ether oxygens (including phenoxy) is 2. The van der Waals surface area contributed by atoms with Gasteiger partial charge in [0.15, 0.2) is 11.3 Å². The van der Waals surface area contributed by atoms with E-state index in [1.807, 2.05) is 31.3 Å². The van der Waals surface area contributed by atoms with Crippen LogP contribution < -0.4 is 20.3 Å². The number of benzene rings is 1. The second kappa shape index (κ2) is 15.4. The molecule has 1 aromatic carbocycles. The number of nitrogens with zero attached hydrogens (tertiary/aromatic N) is 9. The monoisotopic (exact) mass is 851 g/mol. The maximum atomic E-state index is 14.3. The lowest BCUT2D eigenvalue weighted by Gasteiger charge is -2.52. The molecule has 3 amide bonds. The number of anilines is 2. The first kappa shape index (κ1) is 39.4. The van der Waals surface area contributed by atoms with E-state index in [0.29, 0.717) is 31.0 Å². The van der Waals surface area contributed by atoms with E-state index < -0.39 is 23.9 Å². The number of fused-ring (bicyclic) bond motifs is 4. The van der Waals surface area contributed by atoms with Gasteiger partial charge in [0.05, 0.1) is 54.4 Å². The minimum absolute atomic E-state index is 0.00946. The Balaban J connectivity index is 0.665. The molecular formula is C44H51F2N11O5. The number of hydrogen-bond donors (Lipinski definition) is 2. The predicted octanol–water partition coefficient (Wildman–Crippen LogP) is 5.56. The highest BCUT2D eigenvalue weighted by molar-refractivity contribution is 6.08. The van der Waals surface area contributed by atoms with E-state index in [4.69, 9.17) is 19.6 Å². The first-order valence-corrected chi connectivity index (χ1v) is 22.2. The molecule has 4 aromatic heterocycles. The number of imide groups is 1. The number of aromatic nitrogens is 7. The number of morpholine rings is 1. The van der Waals surface area contributed by atoms with E-state index in [-0.39, 0.29) is 52.8 Å². The molecule has 2 bridgehead atoms. The average molecular weight is 852 g/mol. The van der Waals surface area contributed by atoms with Crippen LogP contribution in [0.5, 0.6) is 5.75 Å². The van der Waals surface area contributed by atoms with Gasteiger partial charge in [0, 0.05) is 44.3 Å². The van der Waals surface area contributed by atoms with Crippen LogP contribution in [0.3, 0.4) is 0 Å². The van der Waals surface area contributed by atoms with Crippen LogP contribution in [0.25, 0.3) is 16.6 Å². The van der Waals surface area contributed by atoms with Crippen molar-refractivity contribution in [2.45, 2.75) is 107 Å². The van der Waals surface area contributed by atoms with Gasteiger partial charge in [0.2, 0.25) is 11.8 Å². The molecule has 16 nitrogen and oxygen atoms in total. The topological polar surface area (TPSA) is 166 Å². The second-order valence-electron chi connectivity index (χ2n) is 18.6. The summed E-state index contributed by atoms with van der Waals surface area (Å²) < 4.78 is 45.9. The van der Waals surface area contributed by atoms with Crippen molar-refractivity contribution < 1.29 is 32.6 Å². The van der Waals surface area contributed by atoms with Crippen LogP contribution in [-0.2, 0) is 21.4 Å². The minimum Gasteiger partial charge on any atom is -0.488 e. The molecule has 1 spiro atoms. The van der Waals surface area contributed by atoms with E-state index in [9.17, 15) is 23.2 Å². The number of hydrogen-bond acceptors (Lipinski definition) is 11. The smallest absolute Gasteiger partial charge is 0.284 e. The largest absolute Gasteiger partial charge is 0.488 e. The minimum atomic E-state index is -2.85. The van der Waals surface area contributed by atoms with Crippen molar-refractivity contribution in [2.24, 2.45) is 18.4 Å². The van der Waals surface area contributed by atoms with Gasteiger partial charge in [-0.05, 0) is 101 Å².